The van der Waals surface area contributed by atoms with Gasteiger partial charge in [0.2, 0.25) is 0 Å². The van der Waals surface area contributed by atoms with Gasteiger partial charge in [0.25, 0.3) is 5.91 Å². The molecule has 0 atom stereocenters. The summed E-state index contributed by atoms with van der Waals surface area (Å²) in [6.07, 6.45) is 4.23. The number of hydrogen-bond acceptors (Lipinski definition) is 3. The molecule has 1 aromatic heterocycles. The van der Waals surface area contributed by atoms with E-state index in [0.29, 0.717) is 6.54 Å². The van der Waals surface area contributed by atoms with Crippen molar-refractivity contribution in [2.75, 3.05) is 12.8 Å². The molecular weight excluding hydrogens is 398 g/mol. The fraction of sp³-hybridized carbons (Fsp3) is 0.583. The van der Waals surface area contributed by atoms with E-state index in [2.05, 4.69) is 57.3 Å². The Morgan fingerprint density at radius 1 is 1.44 bits per heavy atom. The number of thioether (sulfide) groups is 1. The van der Waals surface area contributed by atoms with Crippen LogP contribution in [0.25, 0.3) is 0 Å². The Hall–Kier alpha value is 0.480. The molecule has 2 nitrogen and oxygen atoms in total. The quantitative estimate of drug-likeness (QED) is 0.715. The molecule has 0 unspecified atom stereocenters. The Labute approximate surface area is 134 Å². The molecule has 0 aliphatic heterocycles. The second-order valence-electron chi connectivity index (χ2n) is 4.01. The lowest BCUT2D eigenvalue weighted by Crippen LogP contribution is -2.39. The summed E-state index contributed by atoms with van der Waals surface area (Å²) in [4.78, 5) is 12.8. The molecular formula is C12H17Br2NOS2. The van der Waals surface area contributed by atoms with Gasteiger partial charge in [-0.15, -0.1) is 11.3 Å². The summed E-state index contributed by atoms with van der Waals surface area (Å²) < 4.78 is 2.04. The zero-order valence-electron chi connectivity index (χ0n) is 10.7. The van der Waals surface area contributed by atoms with Crippen LogP contribution in [0.3, 0.4) is 0 Å². The molecule has 0 bridgehead atoms. The standard InChI is InChI=1S/C12H17Br2NOS2/c1-4-12(5-2,17-3)7-15-11(16)9-6-8(13)10(14)18-9/h6H,4-5,7H2,1-3H3,(H,15,16). The highest BCUT2D eigenvalue weighted by Crippen LogP contribution is 2.33. The minimum Gasteiger partial charge on any atom is -0.350 e. The lowest BCUT2D eigenvalue weighted by molar-refractivity contribution is 0.0953. The topological polar surface area (TPSA) is 29.1 Å². The molecule has 102 valence electrons. The summed E-state index contributed by atoms with van der Waals surface area (Å²) in [6, 6.07) is 1.85. The third-order valence-electron chi connectivity index (χ3n) is 3.16. The van der Waals surface area contributed by atoms with Crippen molar-refractivity contribution in [3.8, 4) is 0 Å². The van der Waals surface area contributed by atoms with Crippen LogP contribution in [0.4, 0.5) is 0 Å². The van der Waals surface area contributed by atoms with Gasteiger partial charge < -0.3 is 5.32 Å². The smallest absolute Gasteiger partial charge is 0.261 e. The van der Waals surface area contributed by atoms with Crippen LogP contribution in [0.1, 0.15) is 36.4 Å². The Morgan fingerprint density at radius 3 is 2.44 bits per heavy atom. The molecule has 1 amide bonds. The zero-order chi connectivity index (χ0) is 13.8. The average Bonchev–Trinajstić information content (AvgIpc) is 2.72. The normalized spacial score (nSPS) is 11.6. The first-order valence-corrected chi connectivity index (χ1v) is 9.39. The Morgan fingerprint density at radius 2 is 2.06 bits per heavy atom. The van der Waals surface area contributed by atoms with Gasteiger partial charge in [-0.2, -0.15) is 11.8 Å². The van der Waals surface area contributed by atoms with Gasteiger partial charge in [0.1, 0.15) is 0 Å². The molecule has 0 saturated carbocycles. The second kappa shape index (κ2) is 7.31. The molecule has 1 aromatic rings. The van der Waals surface area contributed by atoms with Crippen LogP contribution >= 0.6 is 55.0 Å². The number of halogens is 2. The zero-order valence-corrected chi connectivity index (χ0v) is 15.5. The van der Waals surface area contributed by atoms with Gasteiger partial charge in [-0.3, -0.25) is 4.79 Å². The summed E-state index contributed by atoms with van der Waals surface area (Å²) in [5.74, 6) is 0.00623. The first-order chi connectivity index (χ1) is 8.48. The van der Waals surface area contributed by atoms with Crippen molar-refractivity contribution in [2.45, 2.75) is 31.4 Å². The van der Waals surface area contributed by atoms with Crippen molar-refractivity contribution >= 4 is 60.9 Å². The van der Waals surface area contributed by atoms with Crippen molar-refractivity contribution in [3.63, 3.8) is 0 Å². The number of amides is 1. The number of nitrogens with one attached hydrogen (secondary N) is 1. The number of rotatable bonds is 6. The molecule has 1 N–H and O–H groups in total. The van der Waals surface area contributed by atoms with E-state index < -0.39 is 0 Å². The Bertz CT molecular complexity index is 388. The van der Waals surface area contributed by atoms with Crippen molar-refractivity contribution in [1.29, 1.82) is 0 Å². The van der Waals surface area contributed by atoms with Crippen molar-refractivity contribution in [2.24, 2.45) is 0 Å². The van der Waals surface area contributed by atoms with Crippen LogP contribution in [0.5, 0.6) is 0 Å². The van der Waals surface area contributed by atoms with Gasteiger partial charge in [0, 0.05) is 15.8 Å². The summed E-state index contributed by atoms with van der Waals surface area (Å²) >= 11 is 10.1. The minimum absolute atomic E-state index is 0.00623. The Kier molecular flexibility index (Phi) is 6.72. The molecule has 1 heterocycles. The maximum absolute atomic E-state index is 12.1. The monoisotopic (exact) mass is 413 g/mol. The van der Waals surface area contributed by atoms with E-state index in [9.17, 15) is 4.79 Å². The molecule has 0 spiro atoms. The summed E-state index contributed by atoms with van der Waals surface area (Å²) in [6.45, 7) is 5.06. The number of thiophene rings is 1. The highest BCUT2D eigenvalue weighted by atomic mass is 79.9. The molecule has 0 saturated heterocycles. The van der Waals surface area contributed by atoms with E-state index in [0.717, 1.165) is 26.0 Å². The van der Waals surface area contributed by atoms with Crippen LogP contribution in [0.2, 0.25) is 0 Å². The van der Waals surface area contributed by atoms with Gasteiger partial charge in [0.15, 0.2) is 0 Å². The first-order valence-electron chi connectivity index (χ1n) is 5.76. The van der Waals surface area contributed by atoms with E-state index in [1.165, 1.54) is 11.3 Å². The Balaban J connectivity index is 2.65. The predicted octanol–water partition coefficient (Wildman–Crippen LogP) is 4.92. The lowest BCUT2D eigenvalue weighted by atomic mass is 10.0. The number of carbonyl (C=O) groups excluding carboxylic acids is 1. The summed E-state index contributed by atoms with van der Waals surface area (Å²) in [7, 11) is 0. The van der Waals surface area contributed by atoms with Gasteiger partial charge in [-0.05, 0) is 57.0 Å². The SMILES string of the molecule is CCC(CC)(CNC(=O)c1cc(Br)c(Br)s1)SC. The third kappa shape index (κ3) is 3.99. The van der Waals surface area contributed by atoms with Crippen LogP contribution < -0.4 is 5.32 Å². The van der Waals surface area contributed by atoms with Crippen LogP contribution in [0, 0.1) is 0 Å². The molecule has 0 aromatic carbocycles. The van der Waals surface area contributed by atoms with Gasteiger partial charge in [0.05, 0.1) is 8.66 Å². The van der Waals surface area contributed by atoms with Crippen LogP contribution in [-0.4, -0.2) is 23.5 Å². The molecule has 0 aliphatic rings. The number of carbonyl (C=O) groups is 1. The van der Waals surface area contributed by atoms with Crippen molar-refractivity contribution in [3.05, 3.63) is 19.2 Å². The highest BCUT2D eigenvalue weighted by molar-refractivity contribution is 9.13. The van der Waals surface area contributed by atoms with Gasteiger partial charge >= 0.3 is 0 Å². The first kappa shape index (κ1) is 16.5. The third-order valence-corrected chi connectivity index (χ3v) is 8.00. The molecule has 0 fully saturated rings. The van der Waals surface area contributed by atoms with Crippen molar-refractivity contribution < 1.29 is 4.79 Å². The summed E-state index contributed by atoms with van der Waals surface area (Å²) in [5.41, 5.74) is 0. The van der Waals surface area contributed by atoms with Gasteiger partial charge in [-0.25, -0.2) is 0 Å². The molecule has 0 aliphatic carbocycles. The maximum Gasteiger partial charge on any atom is 0.261 e. The number of hydrogen-bond donors (Lipinski definition) is 1. The van der Waals surface area contributed by atoms with Crippen molar-refractivity contribution in [1.82, 2.24) is 5.32 Å². The largest absolute Gasteiger partial charge is 0.350 e. The van der Waals surface area contributed by atoms with Crippen LogP contribution in [0.15, 0.2) is 14.3 Å². The van der Waals surface area contributed by atoms with E-state index in [4.69, 9.17) is 0 Å². The highest BCUT2D eigenvalue weighted by Gasteiger charge is 2.26. The second-order valence-corrected chi connectivity index (χ2v) is 8.51. The average molecular weight is 415 g/mol. The maximum atomic E-state index is 12.1. The van der Waals surface area contributed by atoms with E-state index >= 15 is 0 Å². The fourth-order valence-electron chi connectivity index (χ4n) is 1.65. The van der Waals surface area contributed by atoms with E-state index in [-0.39, 0.29) is 10.7 Å². The van der Waals surface area contributed by atoms with E-state index in [1.807, 2.05) is 17.8 Å². The molecule has 6 heteroatoms. The molecule has 0 radical (unpaired) electrons. The van der Waals surface area contributed by atoms with Crippen LogP contribution in [-0.2, 0) is 0 Å². The van der Waals surface area contributed by atoms with E-state index in [1.54, 1.807) is 0 Å². The minimum atomic E-state index is 0.00623. The summed E-state index contributed by atoms with van der Waals surface area (Å²) in [5, 5.41) is 3.04. The molecule has 18 heavy (non-hydrogen) atoms. The predicted molar refractivity (Wildman–Crippen MR) is 88.9 cm³/mol. The van der Waals surface area contributed by atoms with Gasteiger partial charge in [-0.1, -0.05) is 13.8 Å². The lowest BCUT2D eigenvalue weighted by Gasteiger charge is -2.29. The molecule has 1 rings (SSSR count). The fourth-order valence-corrected chi connectivity index (χ4v) is 4.39.